The number of anilines is 1. The molecular formula is C20H30N4O3. The Morgan fingerprint density at radius 1 is 1.07 bits per heavy atom. The van der Waals surface area contributed by atoms with Crippen molar-refractivity contribution in [3.63, 3.8) is 0 Å². The molecule has 2 aliphatic heterocycles. The van der Waals surface area contributed by atoms with E-state index < -0.39 is 0 Å². The summed E-state index contributed by atoms with van der Waals surface area (Å²) in [6, 6.07) is 7.25. The average molecular weight is 374 g/mol. The third-order valence-electron chi connectivity index (χ3n) is 6.09. The Labute approximate surface area is 161 Å². The molecule has 0 aliphatic carbocycles. The van der Waals surface area contributed by atoms with E-state index in [0.29, 0.717) is 12.1 Å². The Morgan fingerprint density at radius 2 is 1.63 bits per heavy atom. The number of nitro benzene ring substituents is 1. The molecule has 2 fully saturated rings. The van der Waals surface area contributed by atoms with E-state index in [1.165, 1.54) is 6.42 Å². The van der Waals surface area contributed by atoms with Gasteiger partial charge >= 0.3 is 0 Å². The summed E-state index contributed by atoms with van der Waals surface area (Å²) in [5, 5.41) is 10.8. The third-order valence-corrected chi connectivity index (χ3v) is 6.09. The van der Waals surface area contributed by atoms with Gasteiger partial charge in [0.15, 0.2) is 0 Å². The summed E-state index contributed by atoms with van der Waals surface area (Å²) < 4.78 is 0. The van der Waals surface area contributed by atoms with Crippen LogP contribution in [0.3, 0.4) is 0 Å². The highest BCUT2D eigenvalue weighted by molar-refractivity contribution is 5.82. The molecule has 7 nitrogen and oxygen atoms in total. The van der Waals surface area contributed by atoms with Crippen LogP contribution in [0.2, 0.25) is 0 Å². The second kappa shape index (κ2) is 8.25. The first-order valence-electron chi connectivity index (χ1n) is 9.94. The van der Waals surface area contributed by atoms with Gasteiger partial charge in [-0.25, -0.2) is 0 Å². The van der Waals surface area contributed by atoms with Crippen LogP contribution < -0.4 is 4.90 Å². The van der Waals surface area contributed by atoms with Crippen LogP contribution in [-0.2, 0) is 4.79 Å². The first-order valence-corrected chi connectivity index (χ1v) is 9.94. The minimum atomic E-state index is -0.377. The van der Waals surface area contributed by atoms with Crippen LogP contribution in [0.15, 0.2) is 24.3 Å². The quantitative estimate of drug-likeness (QED) is 0.599. The van der Waals surface area contributed by atoms with E-state index in [1.54, 1.807) is 24.3 Å². The van der Waals surface area contributed by atoms with Crippen molar-refractivity contribution in [2.24, 2.45) is 0 Å². The van der Waals surface area contributed by atoms with Crippen LogP contribution in [-0.4, -0.2) is 64.9 Å². The summed E-state index contributed by atoms with van der Waals surface area (Å²) in [6.45, 7) is 9.62. The van der Waals surface area contributed by atoms with Crippen molar-refractivity contribution in [2.45, 2.75) is 58.2 Å². The largest absolute Gasteiger partial charge is 0.369 e. The van der Waals surface area contributed by atoms with Crippen LogP contribution in [0.25, 0.3) is 0 Å². The van der Waals surface area contributed by atoms with E-state index in [9.17, 15) is 14.9 Å². The molecule has 27 heavy (non-hydrogen) atoms. The molecule has 0 N–H and O–H groups in total. The number of benzene rings is 1. The zero-order valence-corrected chi connectivity index (χ0v) is 16.5. The van der Waals surface area contributed by atoms with E-state index in [-0.39, 0.29) is 22.6 Å². The van der Waals surface area contributed by atoms with Crippen molar-refractivity contribution >= 4 is 17.3 Å². The van der Waals surface area contributed by atoms with Crippen LogP contribution in [0, 0.1) is 10.1 Å². The number of carbonyl (C=O) groups is 1. The SMILES string of the molecule is CC(C(=O)N1C(C)CCCC1C)N1CCN(c2ccc([N+](=O)[O-])cc2)CC1. The van der Waals surface area contributed by atoms with E-state index in [2.05, 4.69) is 28.5 Å². The van der Waals surface area contributed by atoms with Crippen molar-refractivity contribution in [1.82, 2.24) is 9.80 Å². The van der Waals surface area contributed by atoms with Crippen LogP contribution in [0.1, 0.15) is 40.0 Å². The Hall–Kier alpha value is -2.15. The molecule has 3 unspecified atom stereocenters. The number of carbonyl (C=O) groups excluding carboxylic acids is 1. The zero-order valence-electron chi connectivity index (χ0n) is 16.5. The molecule has 3 rings (SSSR count). The van der Waals surface area contributed by atoms with Crippen molar-refractivity contribution in [3.8, 4) is 0 Å². The topological polar surface area (TPSA) is 69.9 Å². The predicted molar refractivity (Wildman–Crippen MR) is 106 cm³/mol. The number of hydrogen-bond acceptors (Lipinski definition) is 5. The fraction of sp³-hybridized carbons (Fsp3) is 0.650. The molecule has 0 aromatic heterocycles. The summed E-state index contributed by atoms with van der Waals surface area (Å²) in [5.41, 5.74) is 1.11. The number of likely N-dealkylation sites (tertiary alicyclic amines) is 1. The van der Waals surface area contributed by atoms with Gasteiger partial charge in [-0.1, -0.05) is 0 Å². The Kier molecular flexibility index (Phi) is 5.99. The van der Waals surface area contributed by atoms with E-state index in [0.717, 1.165) is 44.7 Å². The molecule has 1 aromatic rings. The molecule has 0 bridgehead atoms. The number of hydrogen-bond donors (Lipinski definition) is 0. The Morgan fingerprint density at radius 3 is 2.15 bits per heavy atom. The molecule has 2 saturated heterocycles. The Bertz CT molecular complexity index is 660. The molecule has 0 spiro atoms. The molecular weight excluding hydrogens is 344 g/mol. The lowest BCUT2D eigenvalue weighted by molar-refractivity contribution is -0.384. The fourth-order valence-electron chi connectivity index (χ4n) is 4.38. The first-order chi connectivity index (χ1) is 12.9. The van der Waals surface area contributed by atoms with Gasteiger partial charge in [0, 0.05) is 56.1 Å². The van der Waals surface area contributed by atoms with Gasteiger partial charge in [0.05, 0.1) is 11.0 Å². The second-order valence-electron chi connectivity index (χ2n) is 7.85. The second-order valence-corrected chi connectivity index (χ2v) is 7.85. The lowest BCUT2D eigenvalue weighted by atomic mass is 9.96. The maximum atomic E-state index is 13.1. The summed E-state index contributed by atoms with van der Waals surface area (Å²) in [5.74, 6) is 0.249. The molecule has 2 aliphatic rings. The van der Waals surface area contributed by atoms with Gasteiger partial charge in [0.25, 0.3) is 5.69 Å². The fourth-order valence-corrected chi connectivity index (χ4v) is 4.38. The van der Waals surface area contributed by atoms with Crippen molar-refractivity contribution < 1.29 is 9.72 Å². The van der Waals surface area contributed by atoms with Crippen molar-refractivity contribution in [3.05, 3.63) is 34.4 Å². The average Bonchev–Trinajstić information content (AvgIpc) is 2.67. The lowest BCUT2D eigenvalue weighted by Crippen LogP contribution is -2.58. The number of piperazine rings is 1. The van der Waals surface area contributed by atoms with Crippen molar-refractivity contribution in [1.29, 1.82) is 0 Å². The van der Waals surface area contributed by atoms with Gasteiger partial charge in [0.1, 0.15) is 0 Å². The monoisotopic (exact) mass is 374 g/mol. The maximum absolute atomic E-state index is 13.1. The smallest absolute Gasteiger partial charge is 0.269 e. The number of amides is 1. The van der Waals surface area contributed by atoms with Gasteiger partial charge in [-0.3, -0.25) is 19.8 Å². The summed E-state index contributed by atoms with van der Waals surface area (Å²) in [4.78, 5) is 30.1. The molecule has 2 heterocycles. The summed E-state index contributed by atoms with van der Waals surface area (Å²) in [6.07, 6.45) is 3.39. The summed E-state index contributed by atoms with van der Waals surface area (Å²) in [7, 11) is 0. The third kappa shape index (κ3) is 4.24. The molecule has 1 aromatic carbocycles. The van der Waals surface area contributed by atoms with Crippen molar-refractivity contribution in [2.75, 3.05) is 31.1 Å². The standard InChI is InChI=1S/C20H30N4O3/c1-15-5-4-6-16(2)23(15)20(25)17(3)21-11-13-22(14-12-21)18-7-9-19(10-8-18)24(26)27/h7-10,15-17H,4-6,11-14H2,1-3H3. The van der Waals surface area contributed by atoms with Gasteiger partial charge in [-0.2, -0.15) is 0 Å². The number of rotatable bonds is 4. The summed E-state index contributed by atoms with van der Waals surface area (Å²) >= 11 is 0. The number of nitrogens with zero attached hydrogens (tertiary/aromatic N) is 4. The van der Waals surface area contributed by atoms with Gasteiger partial charge in [-0.15, -0.1) is 0 Å². The van der Waals surface area contributed by atoms with Gasteiger partial charge in [-0.05, 0) is 52.2 Å². The molecule has 0 radical (unpaired) electrons. The van der Waals surface area contributed by atoms with Gasteiger partial charge in [0.2, 0.25) is 5.91 Å². The van der Waals surface area contributed by atoms with E-state index >= 15 is 0 Å². The zero-order chi connectivity index (χ0) is 19.6. The van der Waals surface area contributed by atoms with Crippen LogP contribution >= 0.6 is 0 Å². The molecule has 0 saturated carbocycles. The van der Waals surface area contributed by atoms with Gasteiger partial charge < -0.3 is 9.80 Å². The molecule has 148 valence electrons. The first kappa shape index (κ1) is 19.6. The highest BCUT2D eigenvalue weighted by atomic mass is 16.6. The van der Waals surface area contributed by atoms with E-state index in [4.69, 9.17) is 0 Å². The van der Waals surface area contributed by atoms with Crippen LogP contribution in [0.5, 0.6) is 0 Å². The minimum Gasteiger partial charge on any atom is -0.369 e. The normalized spacial score (nSPS) is 25.3. The maximum Gasteiger partial charge on any atom is 0.269 e. The number of non-ortho nitro benzene ring substituents is 1. The molecule has 3 atom stereocenters. The number of nitro groups is 1. The molecule has 7 heteroatoms. The minimum absolute atomic E-state index is 0.105. The predicted octanol–water partition coefficient (Wildman–Crippen LogP) is 2.89. The highest BCUT2D eigenvalue weighted by Gasteiger charge is 2.34. The van der Waals surface area contributed by atoms with E-state index in [1.807, 2.05) is 6.92 Å². The Balaban J connectivity index is 1.58. The highest BCUT2D eigenvalue weighted by Crippen LogP contribution is 2.25. The van der Waals surface area contributed by atoms with Crippen LogP contribution in [0.4, 0.5) is 11.4 Å². The number of piperidine rings is 1. The lowest BCUT2D eigenvalue weighted by Gasteiger charge is -2.44. The molecule has 1 amide bonds.